The zero-order valence-electron chi connectivity index (χ0n) is 21.5. The zero-order valence-corrected chi connectivity index (χ0v) is 22.3. The van der Waals surface area contributed by atoms with E-state index in [1.165, 1.54) is 74.4 Å². The molecule has 1 aromatic heterocycles. The van der Waals surface area contributed by atoms with Crippen LogP contribution in [0.15, 0.2) is 72.8 Å². The Morgan fingerprint density at radius 2 is 1.62 bits per heavy atom. The first-order valence-electron chi connectivity index (χ1n) is 13.5. The molecule has 0 N–H and O–H groups in total. The highest BCUT2D eigenvalue weighted by Gasteiger charge is 2.21. The van der Waals surface area contributed by atoms with Gasteiger partial charge in [-0.15, -0.1) is 4.37 Å². The summed E-state index contributed by atoms with van der Waals surface area (Å²) in [6.45, 7) is 5.77. The van der Waals surface area contributed by atoms with Crippen LogP contribution < -0.4 is 4.74 Å². The molecular weight excluding hydrogens is 474 g/mol. The van der Waals surface area contributed by atoms with Crippen LogP contribution in [0, 0.1) is 0 Å². The molecule has 0 atom stereocenters. The third kappa shape index (κ3) is 4.98. The van der Waals surface area contributed by atoms with Crippen molar-refractivity contribution >= 4 is 49.6 Å². The molecular formula is C32H33N3OS. The number of unbranched alkanes of at least 4 members (excludes halogenated alkanes) is 3. The van der Waals surface area contributed by atoms with E-state index in [0.29, 0.717) is 12.5 Å². The van der Waals surface area contributed by atoms with Gasteiger partial charge in [0.05, 0.1) is 18.3 Å². The predicted octanol–water partition coefficient (Wildman–Crippen LogP) is 8.25. The molecule has 0 fully saturated rings. The summed E-state index contributed by atoms with van der Waals surface area (Å²) in [5.41, 5.74) is 3.54. The summed E-state index contributed by atoms with van der Waals surface area (Å²) in [6, 6.07) is 24.6. The van der Waals surface area contributed by atoms with Crippen LogP contribution >= 0.6 is 11.7 Å². The van der Waals surface area contributed by atoms with Gasteiger partial charge in [0, 0.05) is 19.6 Å². The van der Waals surface area contributed by atoms with Gasteiger partial charge in [0.25, 0.3) is 5.88 Å². The first kappa shape index (κ1) is 24.1. The quantitative estimate of drug-likeness (QED) is 0.149. The molecule has 188 valence electrons. The van der Waals surface area contributed by atoms with E-state index in [1.807, 2.05) is 0 Å². The van der Waals surface area contributed by atoms with Crippen molar-refractivity contribution in [3.63, 3.8) is 0 Å². The first-order chi connectivity index (χ1) is 18.3. The molecule has 0 amide bonds. The van der Waals surface area contributed by atoms with E-state index in [2.05, 4.69) is 93.4 Å². The number of fused-ring (bicyclic) bond motifs is 5. The van der Waals surface area contributed by atoms with Gasteiger partial charge < -0.3 is 4.74 Å². The number of nitrogens with zero attached hydrogens (tertiary/aromatic N) is 3. The van der Waals surface area contributed by atoms with Crippen molar-refractivity contribution < 1.29 is 4.74 Å². The molecule has 5 aromatic rings. The van der Waals surface area contributed by atoms with Crippen LogP contribution in [-0.2, 0) is 6.54 Å². The largest absolute Gasteiger partial charge is 0.475 e. The highest BCUT2D eigenvalue weighted by atomic mass is 32.1. The SMILES string of the molecule is CCCCCCOc1nsnc1C1=CCCN(Cc2cccc3c2ccc2c4ccccc4ccc32)C1. The Morgan fingerprint density at radius 3 is 2.57 bits per heavy atom. The van der Waals surface area contributed by atoms with Crippen molar-refractivity contribution in [3.05, 3.63) is 84.1 Å². The van der Waals surface area contributed by atoms with E-state index in [1.54, 1.807) is 0 Å². The molecule has 37 heavy (non-hydrogen) atoms. The summed E-state index contributed by atoms with van der Waals surface area (Å²) < 4.78 is 15.1. The Balaban J connectivity index is 1.22. The minimum atomic E-state index is 0.707. The molecule has 4 nitrogen and oxygen atoms in total. The third-order valence-electron chi connectivity index (χ3n) is 7.50. The smallest absolute Gasteiger partial charge is 0.253 e. The van der Waals surface area contributed by atoms with Crippen LogP contribution in [0.2, 0.25) is 0 Å². The normalized spacial score (nSPS) is 14.5. The molecule has 4 aromatic carbocycles. The first-order valence-corrected chi connectivity index (χ1v) is 14.2. The molecule has 1 aliphatic rings. The van der Waals surface area contributed by atoms with Crippen LogP contribution in [0.3, 0.4) is 0 Å². The molecule has 2 heterocycles. The van der Waals surface area contributed by atoms with E-state index in [4.69, 9.17) is 4.74 Å². The monoisotopic (exact) mass is 507 g/mol. The van der Waals surface area contributed by atoms with E-state index in [9.17, 15) is 0 Å². The Labute approximate surface area is 222 Å². The Kier molecular flexibility index (Phi) is 7.16. The lowest BCUT2D eigenvalue weighted by Crippen LogP contribution is -2.29. The van der Waals surface area contributed by atoms with Crippen LogP contribution in [-0.4, -0.2) is 33.3 Å². The molecule has 5 heteroatoms. The van der Waals surface area contributed by atoms with Crippen molar-refractivity contribution in [1.29, 1.82) is 0 Å². The van der Waals surface area contributed by atoms with Crippen LogP contribution in [0.25, 0.3) is 37.9 Å². The van der Waals surface area contributed by atoms with Crippen molar-refractivity contribution in [2.45, 2.75) is 45.6 Å². The lowest BCUT2D eigenvalue weighted by molar-refractivity contribution is 0.288. The molecule has 0 radical (unpaired) electrons. The van der Waals surface area contributed by atoms with Crippen molar-refractivity contribution in [1.82, 2.24) is 13.6 Å². The number of benzene rings is 4. The van der Waals surface area contributed by atoms with Crippen LogP contribution in [0.5, 0.6) is 5.88 Å². The third-order valence-corrected chi connectivity index (χ3v) is 8.01. The van der Waals surface area contributed by atoms with Gasteiger partial charge in [0.15, 0.2) is 0 Å². The fourth-order valence-electron chi connectivity index (χ4n) is 5.58. The topological polar surface area (TPSA) is 38.3 Å². The Morgan fingerprint density at radius 1 is 0.811 bits per heavy atom. The second-order valence-corrected chi connectivity index (χ2v) is 10.5. The fourth-order valence-corrected chi connectivity index (χ4v) is 6.11. The van der Waals surface area contributed by atoms with Gasteiger partial charge in [0.2, 0.25) is 0 Å². The van der Waals surface area contributed by atoms with Crippen molar-refractivity contribution in [3.8, 4) is 5.88 Å². The molecule has 0 saturated heterocycles. The highest BCUT2D eigenvalue weighted by molar-refractivity contribution is 6.99. The molecule has 0 saturated carbocycles. The van der Waals surface area contributed by atoms with Crippen molar-refractivity contribution in [2.24, 2.45) is 0 Å². The molecule has 0 bridgehead atoms. The predicted molar refractivity (Wildman–Crippen MR) is 156 cm³/mol. The van der Waals surface area contributed by atoms with E-state index in [0.717, 1.165) is 38.2 Å². The summed E-state index contributed by atoms with van der Waals surface area (Å²) in [7, 11) is 0. The Bertz CT molecular complexity index is 1570. The summed E-state index contributed by atoms with van der Waals surface area (Å²) in [4.78, 5) is 2.53. The Hall–Kier alpha value is -3.28. The lowest BCUT2D eigenvalue weighted by atomic mass is 9.94. The number of hydrogen-bond donors (Lipinski definition) is 0. The van der Waals surface area contributed by atoms with Gasteiger partial charge in [-0.05, 0) is 56.3 Å². The number of rotatable bonds is 9. The van der Waals surface area contributed by atoms with Crippen LogP contribution in [0.1, 0.15) is 50.3 Å². The summed E-state index contributed by atoms with van der Waals surface area (Å²) in [6.07, 6.45) is 8.10. The van der Waals surface area contributed by atoms with Gasteiger partial charge in [-0.2, -0.15) is 4.37 Å². The van der Waals surface area contributed by atoms with Crippen LogP contribution in [0.4, 0.5) is 0 Å². The fraction of sp³-hybridized carbons (Fsp3) is 0.312. The molecule has 6 rings (SSSR count). The molecule has 1 aliphatic heterocycles. The van der Waals surface area contributed by atoms with E-state index < -0.39 is 0 Å². The average molecular weight is 508 g/mol. The van der Waals surface area contributed by atoms with E-state index in [-0.39, 0.29) is 0 Å². The maximum absolute atomic E-state index is 6.04. The van der Waals surface area contributed by atoms with Crippen molar-refractivity contribution in [2.75, 3.05) is 19.7 Å². The maximum atomic E-state index is 6.04. The van der Waals surface area contributed by atoms with Gasteiger partial charge >= 0.3 is 0 Å². The second kappa shape index (κ2) is 11.0. The number of aromatic nitrogens is 2. The van der Waals surface area contributed by atoms with Gasteiger partial charge in [-0.25, -0.2) is 0 Å². The molecule has 0 unspecified atom stereocenters. The summed E-state index contributed by atoms with van der Waals surface area (Å²) in [5, 5.41) is 7.93. The highest BCUT2D eigenvalue weighted by Crippen LogP contribution is 2.34. The summed E-state index contributed by atoms with van der Waals surface area (Å²) >= 11 is 1.25. The maximum Gasteiger partial charge on any atom is 0.253 e. The average Bonchev–Trinajstić information content (AvgIpc) is 3.41. The van der Waals surface area contributed by atoms with E-state index >= 15 is 0 Å². The molecule has 0 spiro atoms. The standard InChI is InChI=1S/C32H33N3OS/c1-2-3-4-7-20-36-32-31(33-37-34-32)25-12-9-19-35(22-25)21-24-11-8-14-28-27(24)17-18-29-26-13-6-5-10-23(26)15-16-30(28)29/h5-6,8,10-18H,2-4,7,9,19-22H2,1H3. The lowest BCUT2D eigenvalue weighted by Gasteiger charge is -2.27. The van der Waals surface area contributed by atoms with Gasteiger partial charge in [0.1, 0.15) is 5.69 Å². The minimum absolute atomic E-state index is 0.707. The van der Waals surface area contributed by atoms with Gasteiger partial charge in [-0.3, -0.25) is 4.90 Å². The van der Waals surface area contributed by atoms with Gasteiger partial charge in [-0.1, -0.05) is 99.0 Å². The molecule has 0 aliphatic carbocycles. The second-order valence-electron chi connectivity index (χ2n) is 10.0. The minimum Gasteiger partial charge on any atom is -0.475 e. The number of ether oxygens (including phenoxy) is 1. The summed E-state index contributed by atoms with van der Waals surface area (Å²) in [5.74, 6) is 0.707. The zero-order chi connectivity index (χ0) is 25.0. The number of hydrogen-bond acceptors (Lipinski definition) is 5.